The number of aliphatic hydroxyl groups is 1. The van der Waals surface area contributed by atoms with Gasteiger partial charge in [-0.3, -0.25) is 0 Å². The number of rotatable bonds is 3. The summed E-state index contributed by atoms with van der Waals surface area (Å²) in [5, 5.41) is 18.4. The first kappa shape index (κ1) is 17.8. The molecule has 0 aromatic heterocycles. The normalized spacial score (nSPS) is 26.4. The largest absolute Gasteiger partial charge is 0.387 e. The van der Waals surface area contributed by atoms with Crippen molar-refractivity contribution in [1.82, 2.24) is 5.32 Å². The first-order valence-electron chi connectivity index (χ1n) is 9.35. The van der Waals surface area contributed by atoms with Crippen LogP contribution in [0.5, 0.6) is 0 Å². The molecular formula is C22H25BrN2O. The Morgan fingerprint density at radius 2 is 1.88 bits per heavy atom. The van der Waals surface area contributed by atoms with Gasteiger partial charge < -0.3 is 15.7 Å². The van der Waals surface area contributed by atoms with Crippen molar-refractivity contribution in [3.63, 3.8) is 0 Å². The second-order valence-corrected chi connectivity index (χ2v) is 8.40. The Bertz CT molecular complexity index is 811. The van der Waals surface area contributed by atoms with E-state index in [0.717, 1.165) is 34.3 Å². The maximum atomic E-state index is 11.2. The minimum absolute atomic E-state index is 0.121. The fourth-order valence-corrected chi connectivity index (χ4v) is 4.37. The van der Waals surface area contributed by atoms with Crippen LogP contribution in [0.25, 0.3) is 5.57 Å². The van der Waals surface area contributed by atoms with Gasteiger partial charge in [-0.1, -0.05) is 52.7 Å². The van der Waals surface area contributed by atoms with Crippen LogP contribution in [0.15, 0.2) is 59.1 Å². The second-order valence-electron chi connectivity index (χ2n) is 7.48. The molecule has 1 fully saturated rings. The number of halogens is 1. The number of anilines is 1. The lowest BCUT2D eigenvalue weighted by Gasteiger charge is -2.39. The summed E-state index contributed by atoms with van der Waals surface area (Å²) in [4.78, 5) is 0. The molecule has 2 aromatic carbocycles. The summed E-state index contributed by atoms with van der Waals surface area (Å²) in [6.45, 7) is 3.16. The molecule has 2 aliphatic rings. The van der Waals surface area contributed by atoms with Crippen LogP contribution in [-0.4, -0.2) is 23.8 Å². The summed E-state index contributed by atoms with van der Waals surface area (Å²) in [5.74, 6) is 0. The topological polar surface area (TPSA) is 44.3 Å². The average molecular weight is 413 g/mol. The van der Waals surface area contributed by atoms with Gasteiger partial charge in [0.15, 0.2) is 0 Å². The van der Waals surface area contributed by atoms with E-state index in [2.05, 4.69) is 76.0 Å². The number of fused-ring (bicyclic) bond motifs is 1. The third-order valence-corrected chi connectivity index (χ3v) is 6.10. The van der Waals surface area contributed by atoms with Crippen LogP contribution in [0, 0.1) is 0 Å². The van der Waals surface area contributed by atoms with Crippen molar-refractivity contribution in [2.24, 2.45) is 0 Å². The molecule has 136 valence electrons. The van der Waals surface area contributed by atoms with Crippen LogP contribution in [0.1, 0.15) is 37.3 Å². The van der Waals surface area contributed by atoms with Gasteiger partial charge in [0.1, 0.15) is 0 Å². The fourth-order valence-electron chi connectivity index (χ4n) is 4.11. The molecule has 3 atom stereocenters. The van der Waals surface area contributed by atoms with E-state index in [1.54, 1.807) is 0 Å². The number of hydrogen-bond donors (Lipinski definition) is 3. The molecule has 0 spiro atoms. The summed E-state index contributed by atoms with van der Waals surface area (Å²) in [6, 6.07) is 16.8. The molecule has 2 aliphatic heterocycles. The summed E-state index contributed by atoms with van der Waals surface area (Å²) in [6.07, 6.45) is 5.08. The molecule has 2 aromatic rings. The van der Waals surface area contributed by atoms with Gasteiger partial charge in [0, 0.05) is 21.8 Å². The highest BCUT2D eigenvalue weighted by Crippen LogP contribution is 2.41. The molecule has 0 saturated carbocycles. The van der Waals surface area contributed by atoms with Crippen molar-refractivity contribution in [3.8, 4) is 0 Å². The lowest BCUT2D eigenvalue weighted by Crippen LogP contribution is -2.45. The highest BCUT2D eigenvalue weighted by atomic mass is 79.9. The van der Waals surface area contributed by atoms with Crippen LogP contribution < -0.4 is 10.6 Å². The van der Waals surface area contributed by atoms with Gasteiger partial charge in [-0.25, -0.2) is 0 Å². The van der Waals surface area contributed by atoms with Gasteiger partial charge in [0.05, 0.1) is 11.6 Å². The standard InChI is InChI=1S/C22H25BrN2O/c1-22(15-9-11-16(23)12-10-15)14-18(17-6-2-3-7-19(17)25-22)21(26)20-8-4-5-13-24-20/h2-3,6-7,9-12,14,20-21,24-26H,4-5,8,13H2,1H3/t20-,21-,22?/m1/s1. The lowest BCUT2D eigenvalue weighted by atomic mass is 9.80. The van der Waals surface area contributed by atoms with E-state index in [4.69, 9.17) is 0 Å². The Labute approximate surface area is 163 Å². The summed E-state index contributed by atoms with van der Waals surface area (Å²) >= 11 is 3.52. The lowest BCUT2D eigenvalue weighted by molar-refractivity contribution is 0.161. The van der Waals surface area contributed by atoms with Gasteiger partial charge in [-0.05, 0) is 61.7 Å². The van der Waals surface area contributed by atoms with Crippen molar-refractivity contribution in [3.05, 3.63) is 70.2 Å². The minimum Gasteiger partial charge on any atom is -0.387 e. The quantitative estimate of drug-likeness (QED) is 0.685. The molecule has 2 heterocycles. The number of piperidine rings is 1. The zero-order valence-electron chi connectivity index (χ0n) is 15.0. The van der Waals surface area contributed by atoms with Gasteiger partial charge in [0.25, 0.3) is 0 Å². The molecular weight excluding hydrogens is 388 g/mol. The van der Waals surface area contributed by atoms with E-state index in [-0.39, 0.29) is 11.6 Å². The molecule has 0 amide bonds. The Hall–Kier alpha value is -1.62. The SMILES string of the molecule is CC1(c2ccc(Br)cc2)C=C([C@@H](O)[C@H]2CCCCN2)c2ccccc2N1. The molecule has 3 N–H and O–H groups in total. The van der Waals surface area contributed by atoms with E-state index in [1.165, 1.54) is 18.4 Å². The van der Waals surface area contributed by atoms with E-state index in [1.807, 2.05) is 12.1 Å². The van der Waals surface area contributed by atoms with Crippen LogP contribution >= 0.6 is 15.9 Å². The van der Waals surface area contributed by atoms with Crippen LogP contribution in [-0.2, 0) is 5.54 Å². The summed E-state index contributed by atoms with van der Waals surface area (Å²) < 4.78 is 1.07. The molecule has 0 radical (unpaired) electrons. The number of aliphatic hydroxyl groups excluding tert-OH is 1. The Morgan fingerprint density at radius 1 is 1.12 bits per heavy atom. The van der Waals surface area contributed by atoms with E-state index >= 15 is 0 Å². The smallest absolute Gasteiger partial charge is 0.0947 e. The van der Waals surface area contributed by atoms with E-state index < -0.39 is 6.10 Å². The molecule has 26 heavy (non-hydrogen) atoms. The maximum absolute atomic E-state index is 11.2. The van der Waals surface area contributed by atoms with Crippen molar-refractivity contribution >= 4 is 27.2 Å². The van der Waals surface area contributed by atoms with Crippen molar-refractivity contribution < 1.29 is 5.11 Å². The summed E-state index contributed by atoms with van der Waals surface area (Å²) in [7, 11) is 0. The van der Waals surface area contributed by atoms with Crippen LogP contribution in [0.2, 0.25) is 0 Å². The Morgan fingerprint density at radius 3 is 2.62 bits per heavy atom. The highest BCUT2D eigenvalue weighted by molar-refractivity contribution is 9.10. The number of nitrogens with one attached hydrogen (secondary N) is 2. The zero-order valence-corrected chi connectivity index (χ0v) is 16.6. The van der Waals surface area contributed by atoms with Gasteiger partial charge in [-0.15, -0.1) is 0 Å². The monoisotopic (exact) mass is 412 g/mol. The third kappa shape index (κ3) is 3.34. The molecule has 0 aliphatic carbocycles. The first-order valence-corrected chi connectivity index (χ1v) is 10.1. The van der Waals surface area contributed by atoms with E-state index in [0.29, 0.717) is 0 Å². The number of benzene rings is 2. The molecule has 3 nitrogen and oxygen atoms in total. The molecule has 4 heteroatoms. The van der Waals surface area contributed by atoms with Crippen molar-refractivity contribution in [1.29, 1.82) is 0 Å². The van der Waals surface area contributed by atoms with Crippen molar-refractivity contribution in [2.45, 2.75) is 43.9 Å². The van der Waals surface area contributed by atoms with Crippen molar-refractivity contribution in [2.75, 3.05) is 11.9 Å². The number of para-hydroxylation sites is 1. The number of hydrogen-bond acceptors (Lipinski definition) is 3. The van der Waals surface area contributed by atoms with Gasteiger partial charge >= 0.3 is 0 Å². The molecule has 1 unspecified atom stereocenters. The van der Waals surface area contributed by atoms with E-state index in [9.17, 15) is 5.11 Å². The minimum atomic E-state index is -0.506. The second kappa shape index (κ2) is 7.18. The van der Waals surface area contributed by atoms with Crippen LogP contribution in [0.3, 0.4) is 0 Å². The average Bonchev–Trinajstić information content (AvgIpc) is 2.68. The predicted molar refractivity (Wildman–Crippen MR) is 111 cm³/mol. The van der Waals surface area contributed by atoms with Gasteiger partial charge in [-0.2, -0.15) is 0 Å². The Kier molecular flexibility index (Phi) is 4.91. The third-order valence-electron chi connectivity index (χ3n) is 5.57. The highest BCUT2D eigenvalue weighted by Gasteiger charge is 2.35. The maximum Gasteiger partial charge on any atom is 0.0947 e. The van der Waals surface area contributed by atoms with Crippen LogP contribution in [0.4, 0.5) is 5.69 Å². The Balaban J connectivity index is 1.77. The first-order chi connectivity index (χ1) is 12.6. The van der Waals surface area contributed by atoms with Gasteiger partial charge in [0.2, 0.25) is 0 Å². The molecule has 0 bridgehead atoms. The fraction of sp³-hybridized carbons (Fsp3) is 0.364. The summed E-state index contributed by atoms with van der Waals surface area (Å²) in [5.41, 5.74) is 4.01. The molecule has 4 rings (SSSR count). The molecule has 1 saturated heterocycles. The zero-order chi connectivity index (χ0) is 18.1. The predicted octanol–water partition coefficient (Wildman–Crippen LogP) is 4.68.